The summed E-state index contributed by atoms with van der Waals surface area (Å²) in [6.07, 6.45) is -1.41. The molecule has 0 amide bonds. The fraction of sp³-hybridized carbons (Fsp3) is 0.235. The number of rotatable bonds is 6. The van der Waals surface area contributed by atoms with Crippen molar-refractivity contribution in [3.05, 3.63) is 54.5 Å². The van der Waals surface area contributed by atoms with Crippen LogP contribution in [0.1, 0.15) is 12.2 Å². The molecule has 7 nitrogen and oxygen atoms in total. The Morgan fingerprint density at radius 3 is 2.61 bits per heavy atom. The molecular weight excluding hydrogens is 488 g/mol. The van der Waals surface area contributed by atoms with Gasteiger partial charge < -0.3 is 15.8 Å². The zero-order chi connectivity index (χ0) is 19.3. The molecule has 3 aromatic rings. The lowest BCUT2D eigenvalue weighted by molar-refractivity contribution is -0.274. The molecule has 150 valence electrons. The van der Waals surface area contributed by atoms with Gasteiger partial charge in [-0.3, -0.25) is 9.39 Å². The van der Waals surface area contributed by atoms with E-state index in [-0.39, 0.29) is 35.7 Å². The van der Waals surface area contributed by atoms with Gasteiger partial charge in [0.25, 0.3) is 0 Å². The van der Waals surface area contributed by atoms with E-state index in [1.54, 1.807) is 0 Å². The first-order chi connectivity index (χ1) is 12.9. The van der Waals surface area contributed by atoms with Gasteiger partial charge in [-0.25, -0.2) is 0 Å². The van der Waals surface area contributed by atoms with Gasteiger partial charge in [0.05, 0.1) is 0 Å². The number of nitrogens with zero attached hydrogens (tertiary/aromatic N) is 4. The summed E-state index contributed by atoms with van der Waals surface area (Å²) in [5.74, 6) is 0.710. The van der Waals surface area contributed by atoms with Gasteiger partial charge in [-0.2, -0.15) is 0 Å². The number of hydrogen-bond acceptors (Lipinski definition) is 4. The minimum absolute atomic E-state index is 0. The molecule has 2 aromatic heterocycles. The van der Waals surface area contributed by atoms with E-state index in [1.807, 2.05) is 28.8 Å². The number of guanidine groups is 1. The van der Waals surface area contributed by atoms with Gasteiger partial charge in [0, 0.05) is 24.8 Å². The highest BCUT2D eigenvalue weighted by Gasteiger charge is 2.30. The molecule has 0 spiro atoms. The number of ether oxygens (including phenoxy) is 1. The Morgan fingerprint density at radius 1 is 1.14 bits per heavy atom. The predicted octanol–water partition coefficient (Wildman–Crippen LogP) is 3.61. The normalized spacial score (nSPS) is 11.9. The van der Waals surface area contributed by atoms with Gasteiger partial charge in [-0.1, -0.05) is 6.07 Å². The maximum atomic E-state index is 12.1. The summed E-state index contributed by atoms with van der Waals surface area (Å²) < 4.78 is 42.1. The third-order valence-electron chi connectivity index (χ3n) is 3.59. The number of aromatic nitrogens is 3. The van der Waals surface area contributed by atoms with E-state index in [4.69, 9.17) is 5.73 Å². The molecule has 3 N–H and O–H groups in total. The number of nitrogens with one attached hydrogen (secondary N) is 1. The highest BCUT2D eigenvalue weighted by Crippen LogP contribution is 2.23. The van der Waals surface area contributed by atoms with Crippen LogP contribution in [0.4, 0.5) is 18.9 Å². The fourth-order valence-corrected chi connectivity index (χ4v) is 2.43. The average molecular weight is 506 g/mol. The second-order valence-corrected chi connectivity index (χ2v) is 5.61. The molecule has 3 rings (SSSR count). The maximum Gasteiger partial charge on any atom is 0.573 e. The Morgan fingerprint density at radius 2 is 1.89 bits per heavy atom. The molecule has 2 heterocycles. The van der Waals surface area contributed by atoms with Crippen LogP contribution < -0.4 is 15.8 Å². The molecule has 0 fully saturated rings. The molecule has 0 aliphatic carbocycles. The third-order valence-corrected chi connectivity index (χ3v) is 3.59. The van der Waals surface area contributed by atoms with Crippen LogP contribution in [0.5, 0.6) is 5.75 Å². The van der Waals surface area contributed by atoms with Crippen LogP contribution in [0.15, 0.2) is 53.7 Å². The minimum Gasteiger partial charge on any atom is -0.406 e. The quantitative estimate of drug-likeness (QED) is 0.231. The summed E-state index contributed by atoms with van der Waals surface area (Å²) in [7, 11) is 0. The van der Waals surface area contributed by atoms with E-state index in [0.717, 1.165) is 17.9 Å². The van der Waals surface area contributed by atoms with Crippen molar-refractivity contribution in [3.8, 4) is 5.75 Å². The Hall–Kier alpha value is -2.57. The van der Waals surface area contributed by atoms with Crippen molar-refractivity contribution in [3.63, 3.8) is 0 Å². The molecule has 0 atom stereocenters. The minimum atomic E-state index is -4.72. The number of alkyl halides is 3. The van der Waals surface area contributed by atoms with Crippen LogP contribution in [0.3, 0.4) is 0 Å². The first kappa shape index (κ1) is 21.7. The van der Waals surface area contributed by atoms with E-state index in [2.05, 4.69) is 25.2 Å². The van der Waals surface area contributed by atoms with Gasteiger partial charge in [0.15, 0.2) is 11.6 Å². The van der Waals surface area contributed by atoms with Crippen molar-refractivity contribution in [1.82, 2.24) is 14.6 Å². The number of aryl methyl sites for hydroxylation is 1. The third kappa shape index (κ3) is 6.25. The molecule has 11 heteroatoms. The smallest absolute Gasteiger partial charge is 0.406 e. The molecule has 1 aromatic carbocycles. The van der Waals surface area contributed by atoms with Crippen LogP contribution in [-0.4, -0.2) is 33.5 Å². The Bertz CT molecular complexity index is 927. The maximum absolute atomic E-state index is 12.1. The number of aliphatic imine (C=N–C) groups is 1. The van der Waals surface area contributed by atoms with Crippen LogP contribution in [0.2, 0.25) is 0 Å². The number of fused-ring (bicyclic) bond motifs is 1. The van der Waals surface area contributed by atoms with Crippen molar-refractivity contribution in [2.75, 3.05) is 11.9 Å². The first-order valence-corrected chi connectivity index (χ1v) is 8.12. The van der Waals surface area contributed by atoms with Crippen LogP contribution >= 0.6 is 24.0 Å². The summed E-state index contributed by atoms with van der Waals surface area (Å²) >= 11 is 0. The molecule has 0 aliphatic rings. The number of nitrogens with two attached hydrogens (primary N) is 1. The largest absolute Gasteiger partial charge is 0.573 e. The highest BCUT2D eigenvalue weighted by atomic mass is 127. The van der Waals surface area contributed by atoms with Gasteiger partial charge in [-0.05, 0) is 42.8 Å². The van der Waals surface area contributed by atoms with Crippen molar-refractivity contribution >= 4 is 41.3 Å². The summed E-state index contributed by atoms with van der Waals surface area (Å²) in [4.78, 5) is 4.20. The van der Waals surface area contributed by atoms with Gasteiger partial charge in [0.2, 0.25) is 0 Å². The second-order valence-electron chi connectivity index (χ2n) is 5.61. The van der Waals surface area contributed by atoms with Crippen molar-refractivity contribution in [2.45, 2.75) is 19.2 Å². The number of halogens is 4. The van der Waals surface area contributed by atoms with Gasteiger partial charge in [-0.15, -0.1) is 47.3 Å². The second kappa shape index (κ2) is 9.57. The number of anilines is 1. The van der Waals surface area contributed by atoms with E-state index >= 15 is 0 Å². The molecular formula is C17H18F3IN6O. The molecule has 0 radical (unpaired) electrons. The standard InChI is InChI=1S/C17H17F3N6O.HI/c18-17(19,20)27-13-8-6-12(7-9-13)23-16(21)22-10-3-5-15-25-24-14-4-1-2-11-26(14)15;/h1-2,4,6-9,11H,3,5,10H2,(H3,21,22,23);1H. The topological polar surface area (TPSA) is 89.8 Å². The van der Waals surface area contributed by atoms with E-state index in [0.29, 0.717) is 18.7 Å². The molecule has 0 unspecified atom stereocenters. The lowest BCUT2D eigenvalue weighted by Crippen LogP contribution is -2.23. The summed E-state index contributed by atoms with van der Waals surface area (Å²) in [5, 5.41) is 11.0. The molecule has 0 saturated heterocycles. The number of hydrogen-bond donors (Lipinski definition) is 2. The van der Waals surface area contributed by atoms with Crippen molar-refractivity contribution < 1.29 is 17.9 Å². The average Bonchev–Trinajstić information content (AvgIpc) is 3.02. The SMILES string of the molecule is I.NC(=NCCCc1nnc2ccccn12)Nc1ccc(OC(F)(F)F)cc1. The molecule has 0 aliphatic heterocycles. The Kier molecular flexibility index (Phi) is 7.43. The monoisotopic (exact) mass is 506 g/mol. The predicted molar refractivity (Wildman–Crippen MR) is 110 cm³/mol. The van der Waals surface area contributed by atoms with E-state index in [9.17, 15) is 13.2 Å². The van der Waals surface area contributed by atoms with Crippen LogP contribution in [-0.2, 0) is 6.42 Å². The zero-order valence-electron chi connectivity index (χ0n) is 14.6. The summed E-state index contributed by atoms with van der Waals surface area (Å²) in [5.41, 5.74) is 7.09. The van der Waals surface area contributed by atoms with Crippen molar-refractivity contribution in [1.29, 1.82) is 0 Å². The Labute approximate surface area is 175 Å². The molecule has 28 heavy (non-hydrogen) atoms. The lowest BCUT2D eigenvalue weighted by Gasteiger charge is -2.10. The number of pyridine rings is 1. The Balaban J connectivity index is 0.00000280. The summed E-state index contributed by atoms with van der Waals surface area (Å²) in [6, 6.07) is 10.9. The number of benzene rings is 1. The molecule has 0 saturated carbocycles. The van der Waals surface area contributed by atoms with E-state index < -0.39 is 6.36 Å². The van der Waals surface area contributed by atoms with Gasteiger partial charge >= 0.3 is 6.36 Å². The fourth-order valence-electron chi connectivity index (χ4n) is 2.43. The van der Waals surface area contributed by atoms with E-state index in [1.165, 1.54) is 24.3 Å². The first-order valence-electron chi connectivity index (χ1n) is 8.12. The lowest BCUT2D eigenvalue weighted by atomic mass is 10.3. The van der Waals surface area contributed by atoms with Gasteiger partial charge in [0.1, 0.15) is 11.6 Å². The summed E-state index contributed by atoms with van der Waals surface area (Å²) in [6.45, 7) is 0.468. The van der Waals surface area contributed by atoms with Crippen LogP contribution in [0, 0.1) is 0 Å². The molecule has 0 bridgehead atoms. The van der Waals surface area contributed by atoms with Crippen LogP contribution in [0.25, 0.3) is 5.65 Å². The zero-order valence-corrected chi connectivity index (χ0v) is 16.9. The van der Waals surface area contributed by atoms with Crippen molar-refractivity contribution in [2.24, 2.45) is 10.7 Å². The highest BCUT2D eigenvalue weighted by molar-refractivity contribution is 14.0.